The lowest BCUT2D eigenvalue weighted by molar-refractivity contribution is -0.151. The molecule has 2 atom stereocenters. The van der Waals surface area contributed by atoms with Crippen LogP contribution in [0, 0.1) is 5.92 Å². The molecule has 3 aliphatic heterocycles. The first kappa shape index (κ1) is 32.4. The van der Waals surface area contributed by atoms with Gasteiger partial charge in [-0.2, -0.15) is 4.31 Å². The summed E-state index contributed by atoms with van der Waals surface area (Å²) in [4.78, 5) is 17.9. The Morgan fingerprint density at radius 2 is 1.84 bits per heavy atom. The highest BCUT2D eigenvalue weighted by molar-refractivity contribution is 7.92. The fourth-order valence-corrected chi connectivity index (χ4v) is 8.38. The molecule has 0 unspecified atom stereocenters. The number of rotatable bonds is 11. The molecular formula is C34H48N4O6S. The standard InChI is InChI=1S/C34H48N4O6S/c1-4-5-21-42-24-30-29(43-33(2,3)44-30)23-37-18-14-27-25(12-9-13-28(27)37)15-22-45(40,41)38-19-16-34(17-20-38)32(39)35-31(36-34)26-10-7-6-8-11-26/h9,12-15,18,22,26,29-30H,4-8,10-11,16-17,19-21,23-24H2,1-3H3,(H,35,36,39)/b22-15+/t29-,30-/m0/s1. The van der Waals surface area contributed by atoms with Crippen molar-refractivity contribution in [3.8, 4) is 0 Å². The van der Waals surface area contributed by atoms with Gasteiger partial charge in [-0.05, 0) is 69.7 Å². The first-order valence-electron chi connectivity index (χ1n) is 16.7. The molecule has 0 radical (unpaired) electrons. The lowest BCUT2D eigenvalue weighted by Crippen LogP contribution is -2.50. The molecule has 11 heteroatoms. The Morgan fingerprint density at radius 3 is 2.60 bits per heavy atom. The van der Waals surface area contributed by atoms with Crippen LogP contribution in [0.3, 0.4) is 0 Å². The zero-order valence-corrected chi connectivity index (χ0v) is 27.7. The van der Waals surface area contributed by atoms with Crippen LogP contribution in [0.15, 0.2) is 40.9 Å². The van der Waals surface area contributed by atoms with Gasteiger partial charge in [0.2, 0.25) is 10.0 Å². The number of amidine groups is 1. The minimum atomic E-state index is -3.68. The molecule has 1 aromatic carbocycles. The second-order valence-corrected chi connectivity index (χ2v) is 15.3. The molecule has 3 fully saturated rings. The first-order chi connectivity index (χ1) is 21.6. The van der Waals surface area contributed by atoms with Gasteiger partial charge in [0, 0.05) is 48.1 Å². The van der Waals surface area contributed by atoms with E-state index in [1.807, 2.05) is 44.3 Å². The molecule has 1 aromatic heterocycles. The van der Waals surface area contributed by atoms with Crippen LogP contribution in [0.2, 0.25) is 0 Å². The summed E-state index contributed by atoms with van der Waals surface area (Å²) >= 11 is 0. The zero-order chi connectivity index (χ0) is 31.7. The Balaban J connectivity index is 1.11. The van der Waals surface area contributed by atoms with E-state index in [9.17, 15) is 13.2 Å². The van der Waals surface area contributed by atoms with Gasteiger partial charge >= 0.3 is 0 Å². The number of benzene rings is 1. The van der Waals surface area contributed by atoms with Gasteiger partial charge in [0.1, 0.15) is 23.6 Å². The molecule has 1 amide bonds. The molecule has 4 heterocycles. The highest BCUT2D eigenvalue weighted by atomic mass is 32.2. The van der Waals surface area contributed by atoms with Gasteiger partial charge < -0.3 is 24.1 Å². The van der Waals surface area contributed by atoms with E-state index < -0.39 is 21.3 Å². The number of aromatic nitrogens is 1. The van der Waals surface area contributed by atoms with E-state index in [1.54, 1.807) is 6.08 Å². The molecular weight excluding hydrogens is 592 g/mol. The maximum Gasteiger partial charge on any atom is 0.253 e. The second kappa shape index (κ2) is 13.3. The predicted molar refractivity (Wildman–Crippen MR) is 175 cm³/mol. The number of carbonyl (C=O) groups excluding carboxylic acids is 1. The number of piperidine rings is 1. The summed E-state index contributed by atoms with van der Waals surface area (Å²) < 4.78 is 48.7. The zero-order valence-electron chi connectivity index (χ0n) is 26.9. The Labute approximate surface area is 267 Å². The van der Waals surface area contributed by atoms with Gasteiger partial charge in [0.25, 0.3) is 5.91 Å². The number of fused-ring (bicyclic) bond motifs is 1. The number of sulfonamides is 1. The maximum atomic E-state index is 13.4. The van der Waals surface area contributed by atoms with Crippen molar-refractivity contribution in [1.82, 2.24) is 14.2 Å². The molecule has 10 nitrogen and oxygen atoms in total. The van der Waals surface area contributed by atoms with Crippen molar-refractivity contribution < 1.29 is 27.4 Å². The van der Waals surface area contributed by atoms with Crippen molar-refractivity contribution >= 4 is 38.7 Å². The fraction of sp³-hybridized carbons (Fsp3) is 0.647. The average Bonchev–Trinajstić information content (AvgIpc) is 3.68. The third kappa shape index (κ3) is 7.07. The van der Waals surface area contributed by atoms with Gasteiger partial charge in [0.15, 0.2) is 5.79 Å². The van der Waals surface area contributed by atoms with Crippen LogP contribution in [0.4, 0.5) is 0 Å². The molecule has 246 valence electrons. The van der Waals surface area contributed by atoms with Crippen molar-refractivity contribution in [3.05, 3.63) is 41.4 Å². The lowest BCUT2D eigenvalue weighted by atomic mass is 9.88. The Kier molecular flexibility index (Phi) is 9.55. The molecule has 45 heavy (non-hydrogen) atoms. The number of nitrogens with zero attached hydrogens (tertiary/aromatic N) is 3. The van der Waals surface area contributed by atoms with Gasteiger partial charge in [-0.3, -0.25) is 9.79 Å². The highest BCUT2D eigenvalue weighted by Gasteiger charge is 2.48. The summed E-state index contributed by atoms with van der Waals surface area (Å²) in [6.07, 6.45) is 11.9. The van der Waals surface area contributed by atoms with E-state index in [-0.39, 0.29) is 31.2 Å². The largest absolute Gasteiger partial charge is 0.379 e. The maximum absolute atomic E-state index is 13.4. The Hall–Kier alpha value is -2.57. The van der Waals surface area contributed by atoms with Crippen LogP contribution in [0.5, 0.6) is 0 Å². The van der Waals surface area contributed by atoms with Gasteiger partial charge in [-0.1, -0.05) is 44.7 Å². The van der Waals surface area contributed by atoms with E-state index >= 15 is 0 Å². The summed E-state index contributed by atoms with van der Waals surface area (Å²) in [6.45, 7) is 8.31. The molecule has 2 saturated heterocycles. The van der Waals surface area contributed by atoms with Crippen molar-refractivity contribution in [3.63, 3.8) is 0 Å². The Bertz CT molecular complexity index is 1530. The van der Waals surface area contributed by atoms with Crippen LogP contribution in [-0.2, 0) is 35.6 Å². The summed E-state index contributed by atoms with van der Waals surface area (Å²) in [6, 6.07) is 7.92. The minimum Gasteiger partial charge on any atom is -0.379 e. The van der Waals surface area contributed by atoms with Crippen molar-refractivity contribution in [2.45, 2.75) is 109 Å². The van der Waals surface area contributed by atoms with Crippen LogP contribution in [0.25, 0.3) is 17.0 Å². The van der Waals surface area contributed by atoms with Crippen molar-refractivity contribution in [2.24, 2.45) is 10.9 Å². The van der Waals surface area contributed by atoms with Crippen LogP contribution >= 0.6 is 0 Å². The van der Waals surface area contributed by atoms with Crippen molar-refractivity contribution in [1.29, 1.82) is 0 Å². The lowest BCUT2D eigenvalue weighted by Gasteiger charge is -2.34. The molecule has 1 N–H and O–H groups in total. The number of unbranched alkanes of at least 4 members (excludes halogenated alkanes) is 1. The van der Waals surface area contributed by atoms with Crippen molar-refractivity contribution in [2.75, 3.05) is 26.3 Å². The normalized spacial score (nSPS) is 25.8. The topological polar surface area (TPSA) is 111 Å². The number of hydrogen-bond donors (Lipinski definition) is 1. The number of ether oxygens (including phenoxy) is 3. The smallest absolute Gasteiger partial charge is 0.253 e. The van der Waals surface area contributed by atoms with Crippen LogP contribution < -0.4 is 5.32 Å². The number of nitrogens with one attached hydrogen (secondary N) is 1. The molecule has 1 spiro atoms. The molecule has 2 aromatic rings. The summed E-state index contributed by atoms with van der Waals surface area (Å²) in [5.74, 6) is 0.387. The van der Waals surface area contributed by atoms with Gasteiger partial charge in [-0.25, -0.2) is 8.42 Å². The SMILES string of the molecule is CCCCOC[C@@H]1OC(C)(C)O[C@H]1Cn1ccc2c(/C=C/S(=O)(=O)N3CCC4(CC3)N=C(C3CCCCC3)NC4=O)cccc21. The third-order valence-corrected chi connectivity index (χ3v) is 11.3. The number of amides is 1. The summed E-state index contributed by atoms with van der Waals surface area (Å²) in [5.41, 5.74) is 0.983. The Morgan fingerprint density at radius 1 is 1.09 bits per heavy atom. The van der Waals surface area contributed by atoms with Crippen LogP contribution in [-0.4, -0.2) is 78.9 Å². The molecule has 0 bridgehead atoms. The summed E-state index contributed by atoms with van der Waals surface area (Å²) in [5, 5.41) is 5.31. The number of aliphatic imine (C=N–C) groups is 1. The fourth-order valence-electron chi connectivity index (χ4n) is 7.20. The molecule has 6 rings (SSSR count). The predicted octanol–water partition coefficient (Wildman–Crippen LogP) is 5.22. The second-order valence-electron chi connectivity index (χ2n) is 13.5. The van der Waals surface area contributed by atoms with E-state index in [1.165, 1.54) is 29.0 Å². The molecule has 1 saturated carbocycles. The number of hydrogen-bond acceptors (Lipinski definition) is 7. The van der Waals surface area contributed by atoms with Gasteiger partial charge in [0.05, 0.1) is 13.2 Å². The third-order valence-electron chi connectivity index (χ3n) is 9.75. The quantitative estimate of drug-likeness (QED) is 0.337. The first-order valence-corrected chi connectivity index (χ1v) is 18.2. The van der Waals surface area contributed by atoms with E-state index in [0.29, 0.717) is 38.5 Å². The van der Waals surface area contributed by atoms with E-state index in [4.69, 9.17) is 19.2 Å². The van der Waals surface area contributed by atoms with Gasteiger partial charge in [-0.15, -0.1) is 0 Å². The van der Waals surface area contributed by atoms with Crippen LogP contribution in [0.1, 0.15) is 84.1 Å². The monoisotopic (exact) mass is 640 g/mol. The average molecular weight is 641 g/mol. The molecule has 1 aliphatic carbocycles. The molecule has 4 aliphatic rings. The van der Waals surface area contributed by atoms with E-state index in [2.05, 4.69) is 16.8 Å². The minimum absolute atomic E-state index is 0.0691. The van der Waals surface area contributed by atoms with E-state index in [0.717, 1.165) is 48.0 Å². The number of carbonyl (C=O) groups is 1. The summed E-state index contributed by atoms with van der Waals surface area (Å²) in [7, 11) is -3.68. The highest BCUT2D eigenvalue weighted by Crippen LogP contribution is 2.35.